The maximum Gasteiger partial charge on any atom is 0.403 e. The Bertz CT molecular complexity index is 436. The molecule has 1 atom stereocenters. The molecule has 1 unspecified atom stereocenters. The van der Waals surface area contributed by atoms with Gasteiger partial charge in [-0.3, -0.25) is 14.7 Å². The second-order valence-electron chi connectivity index (χ2n) is 6.01. The first-order valence-corrected chi connectivity index (χ1v) is 8.70. The molecule has 0 radical (unpaired) electrons. The maximum absolute atomic E-state index is 12.8. The number of unbranched alkanes of at least 4 members (excludes halogenated alkanes) is 1. The predicted molar refractivity (Wildman–Crippen MR) is 90.5 cm³/mol. The third kappa shape index (κ3) is 7.50. The van der Waals surface area contributed by atoms with Crippen molar-refractivity contribution in [3.05, 3.63) is 0 Å². The summed E-state index contributed by atoms with van der Waals surface area (Å²) in [5.41, 5.74) is 0. The number of hydrogen-bond donors (Lipinski definition) is 1. The van der Waals surface area contributed by atoms with Crippen molar-refractivity contribution in [1.82, 2.24) is 15.1 Å². The smallest absolute Gasteiger partial charge is 0.403 e. The van der Waals surface area contributed by atoms with Crippen LogP contribution in [-0.2, 0) is 9.53 Å². The first-order valence-electron chi connectivity index (χ1n) is 8.70. The average molecular weight is 366 g/mol. The van der Waals surface area contributed by atoms with Crippen LogP contribution in [0.15, 0.2) is 4.99 Å². The van der Waals surface area contributed by atoms with Gasteiger partial charge in [0.1, 0.15) is 6.04 Å². The van der Waals surface area contributed by atoms with Gasteiger partial charge in [-0.15, -0.1) is 0 Å². The highest BCUT2D eigenvalue weighted by Gasteiger charge is 2.41. The molecule has 0 aromatic rings. The number of piperazine rings is 1. The monoisotopic (exact) mass is 366 g/mol. The molecule has 0 spiro atoms. The topological polar surface area (TPSA) is 57.2 Å². The van der Waals surface area contributed by atoms with Gasteiger partial charge < -0.3 is 15.0 Å². The van der Waals surface area contributed by atoms with E-state index in [1.54, 1.807) is 0 Å². The lowest BCUT2D eigenvalue weighted by molar-refractivity contribution is -0.181. The van der Waals surface area contributed by atoms with E-state index in [2.05, 4.69) is 15.0 Å². The van der Waals surface area contributed by atoms with E-state index in [0.29, 0.717) is 52.1 Å². The number of esters is 1. The van der Waals surface area contributed by atoms with Crippen LogP contribution < -0.4 is 5.32 Å². The molecule has 25 heavy (non-hydrogen) atoms. The van der Waals surface area contributed by atoms with Gasteiger partial charge in [0.25, 0.3) is 0 Å². The van der Waals surface area contributed by atoms with Crippen molar-refractivity contribution in [2.45, 2.75) is 45.3 Å². The summed E-state index contributed by atoms with van der Waals surface area (Å²) >= 11 is 0. The van der Waals surface area contributed by atoms with E-state index in [1.807, 2.05) is 11.8 Å². The number of carbonyl (C=O) groups is 1. The summed E-state index contributed by atoms with van der Waals surface area (Å²) in [4.78, 5) is 19.0. The molecular formula is C16H29F3N4O2. The second kappa shape index (κ2) is 10.5. The first kappa shape index (κ1) is 21.5. The molecule has 6 nitrogen and oxygen atoms in total. The summed E-state index contributed by atoms with van der Waals surface area (Å²) in [7, 11) is 1.36. The summed E-state index contributed by atoms with van der Waals surface area (Å²) in [5, 5.41) is 3.18. The van der Waals surface area contributed by atoms with E-state index in [4.69, 9.17) is 0 Å². The van der Waals surface area contributed by atoms with Crippen molar-refractivity contribution < 1.29 is 22.7 Å². The Balaban J connectivity index is 2.46. The van der Waals surface area contributed by atoms with Crippen LogP contribution in [0.5, 0.6) is 0 Å². The number of methoxy groups -OCH3 is 1. The van der Waals surface area contributed by atoms with Crippen molar-refractivity contribution >= 4 is 11.9 Å². The molecule has 1 saturated heterocycles. The summed E-state index contributed by atoms with van der Waals surface area (Å²) in [6, 6.07) is -1.42. The fourth-order valence-corrected chi connectivity index (χ4v) is 2.62. The quantitative estimate of drug-likeness (QED) is 0.323. The van der Waals surface area contributed by atoms with Crippen LogP contribution in [0.1, 0.15) is 33.1 Å². The van der Waals surface area contributed by atoms with E-state index >= 15 is 0 Å². The molecular weight excluding hydrogens is 337 g/mol. The highest BCUT2D eigenvalue weighted by atomic mass is 19.4. The molecule has 1 rings (SSSR count). The van der Waals surface area contributed by atoms with Gasteiger partial charge in [-0.2, -0.15) is 13.2 Å². The number of guanidine groups is 1. The molecule has 0 aromatic heterocycles. The summed E-state index contributed by atoms with van der Waals surface area (Å²) < 4.78 is 43.0. The SMILES string of the molecule is CCNC(=NCCCCC(=O)OC)N1CCN(C(C)C(F)(F)F)CC1. The van der Waals surface area contributed by atoms with Crippen LogP contribution >= 0.6 is 0 Å². The molecule has 0 saturated carbocycles. The average Bonchev–Trinajstić information content (AvgIpc) is 2.59. The Hall–Kier alpha value is -1.51. The number of alkyl halides is 3. The number of carbonyl (C=O) groups excluding carboxylic acids is 1. The van der Waals surface area contributed by atoms with Crippen molar-refractivity contribution in [1.29, 1.82) is 0 Å². The van der Waals surface area contributed by atoms with Crippen LogP contribution in [0.4, 0.5) is 13.2 Å². The Kier molecular flexibility index (Phi) is 9.02. The molecule has 1 fully saturated rings. The van der Waals surface area contributed by atoms with Crippen LogP contribution in [-0.4, -0.2) is 80.3 Å². The minimum absolute atomic E-state index is 0.231. The van der Waals surface area contributed by atoms with E-state index < -0.39 is 12.2 Å². The molecule has 1 N–H and O–H groups in total. The zero-order chi connectivity index (χ0) is 18.9. The van der Waals surface area contributed by atoms with Gasteiger partial charge in [-0.1, -0.05) is 0 Å². The van der Waals surface area contributed by atoms with E-state index in [0.717, 1.165) is 12.4 Å². The highest BCUT2D eigenvalue weighted by molar-refractivity contribution is 5.80. The lowest BCUT2D eigenvalue weighted by atomic mass is 10.2. The molecule has 1 heterocycles. The molecule has 1 aliphatic heterocycles. The summed E-state index contributed by atoms with van der Waals surface area (Å²) in [6.07, 6.45) is -2.36. The largest absolute Gasteiger partial charge is 0.469 e. The molecule has 146 valence electrons. The predicted octanol–water partition coefficient (Wildman–Crippen LogP) is 1.86. The van der Waals surface area contributed by atoms with Gasteiger partial charge in [0.15, 0.2) is 5.96 Å². The molecule has 0 bridgehead atoms. The van der Waals surface area contributed by atoms with Crippen LogP contribution in [0.2, 0.25) is 0 Å². The standard InChI is InChI=1S/C16H29F3N4O2/c1-4-20-15(21-8-6-5-7-14(24)25-3)23-11-9-22(10-12-23)13(2)16(17,18)19/h13H,4-12H2,1-3H3,(H,20,21). The van der Waals surface area contributed by atoms with Crippen molar-refractivity contribution in [3.63, 3.8) is 0 Å². The third-order valence-corrected chi connectivity index (χ3v) is 4.25. The molecule has 1 aliphatic rings. The van der Waals surface area contributed by atoms with E-state index in [1.165, 1.54) is 18.9 Å². The van der Waals surface area contributed by atoms with Crippen LogP contribution in [0.25, 0.3) is 0 Å². The fourth-order valence-electron chi connectivity index (χ4n) is 2.62. The van der Waals surface area contributed by atoms with Gasteiger partial charge in [0.2, 0.25) is 0 Å². The van der Waals surface area contributed by atoms with Gasteiger partial charge >= 0.3 is 12.1 Å². The lowest BCUT2D eigenvalue weighted by Crippen LogP contribution is -2.56. The minimum atomic E-state index is -4.19. The van der Waals surface area contributed by atoms with Gasteiger partial charge in [-0.25, -0.2) is 0 Å². The van der Waals surface area contributed by atoms with Crippen molar-refractivity contribution in [2.75, 3.05) is 46.4 Å². The van der Waals surface area contributed by atoms with E-state index in [-0.39, 0.29) is 5.97 Å². The van der Waals surface area contributed by atoms with Gasteiger partial charge in [-0.05, 0) is 26.7 Å². The van der Waals surface area contributed by atoms with Crippen molar-refractivity contribution in [3.8, 4) is 0 Å². The maximum atomic E-state index is 12.8. The van der Waals surface area contributed by atoms with E-state index in [9.17, 15) is 18.0 Å². The zero-order valence-corrected chi connectivity index (χ0v) is 15.2. The number of ether oxygens (including phenoxy) is 1. The normalized spacial score (nSPS) is 18.2. The zero-order valence-electron chi connectivity index (χ0n) is 15.2. The Morgan fingerprint density at radius 2 is 1.88 bits per heavy atom. The fraction of sp³-hybridized carbons (Fsp3) is 0.875. The van der Waals surface area contributed by atoms with Crippen LogP contribution in [0.3, 0.4) is 0 Å². The Labute approximate surface area is 147 Å². The Morgan fingerprint density at radius 3 is 2.40 bits per heavy atom. The second-order valence-corrected chi connectivity index (χ2v) is 6.01. The number of nitrogens with one attached hydrogen (secondary N) is 1. The summed E-state index contributed by atoms with van der Waals surface area (Å²) in [5.74, 6) is 0.491. The van der Waals surface area contributed by atoms with Gasteiger partial charge in [0.05, 0.1) is 7.11 Å². The van der Waals surface area contributed by atoms with Crippen LogP contribution in [0, 0.1) is 0 Å². The number of aliphatic imine (C=N–C) groups is 1. The number of hydrogen-bond acceptors (Lipinski definition) is 4. The van der Waals surface area contributed by atoms with Crippen molar-refractivity contribution in [2.24, 2.45) is 4.99 Å². The lowest BCUT2D eigenvalue weighted by Gasteiger charge is -2.39. The number of rotatable bonds is 7. The van der Waals surface area contributed by atoms with Gasteiger partial charge in [0, 0.05) is 45.7 Å². The minimum Gasteiger partial charge on any atom is -0.469 e. The molecule has 0 aliphatic carbocycles. The number of halogens is 3. The molecule has 0 aromatic carbocycles. The number of nitrogens with zero attached hydrogens (tertiary/aromatic N) is 3. The Morgan fingerprint density at radius 1 is 1.24 bits per heavy atom. The first-order chi connectivity index (χ1) is 11.8. The molecule has 9 heteroatoms. The highest BCUT2D eigenvalue weighted by Crippen LogP contribution is 2.25. The third-order valence-electron chi connectivity index (χ3n) is 4.25. The molecule has 0 amide bonds. The summed E-state index contributed by atoms with van der Waals surface area (Å²) in [6.45, 7) is 6.15.